The van der Waals surface area contributed by atoms with Gasteiger partial charge < -0.3 is 24.4 Å². The van der Waals surface area contributed by atoms with Crippen molar-refractivity contribution >= 4 is 39.6 Å². The van der Waals surface area contributed by atoms with Crippen LogP contribution in [0.2, 0.25) is 0 Å². The van der Waals surface area contributed by atoms with E-state index in [0.717, 1.165) is 32.2 Å². The van der Waals surface area contributed by atoms with E-state index in [1.807, 2.05) is 0 Å². The van der Waals surface area contributed by atoms with E-state index in [1.54, 1.807) is 17.9 Å². The van der Waals surface area contributed by atoms with Crippen LogP contribution in [0.1, 0.15) is 64.9 Å². The Hall–Kier alpha value is -4.72. The monoisotopic (exact) mass is 720 g/mol. The van der Waals surface area contributed by atoms with Crippen LogP contribution in [0.15, 0.2) is 30.5 Å². The van der Waals surface area contributed by atoms with Crippen molar-refractivity contribution in [2.45, 2.75) is 83.0 Å². The number of amides is 1. The highest BCUT2D eigenvalue weighted by atomic mass is 19.1. The molecule has 276 valence electrons. The first kappa shape index (κ1) is 35.7. The third-order valence-corrected chi connectivity index (χ3v) is 10.6. The second-order valence-corrected chi connectivity index (χ2v) is 14.6. The number of esters is 1. The maximum atomic E-state index is 17.3. The zero-order chi connectivity index (χ0) is 36.8. The molecular formula is C38H43F3N6O5. The number of carbonyl (C=O) groups is 2. The van der Waals surface area contributed by atoms with Crippen molar-refractivity contribution in [3.8, 4) is 23.0 Å². The minimum atomic E-state index is -1.37. The number of nitrogens with zero attached hydrogens (tertiary/aromatic N) is 5. The Morgan fingerprint density at radius 2 is 2.02 bits per heavy atom. The average molecular weight is 721 g/mol. The Balaban J connectivity index is 1.46. The Morgan fingerprint density at radius 1 is 1.19 bits per heavy atom. The third-order valence-electron chi connectivity index (χ3n) is 10.6. The van der Waals surface area contributed by atoms with Gasteiger partial charge in [-0.15, -0.1) is 0 Å². The number of likely N-dealkylation sites (N-methyl/N-ethyl adjacent to an activating group) is 1. The first-order valence-corrected chi connectivity index (χ1v) is 17.9. The molecule has 3 atom stereocenters. The van der Waals surface area contributed by atoms with Gasteiger partial charge in [-0.1, -0.05) is 19.4 Å². The summed E-state index contributed by atoms with van der Waals surface area (Å²) in [7, 11) is 2.06. The Morgan fingerprint density at radius 3 is 2.77 bits per heavy atom. The number of nitrogens with one attached hydrogen (secondary N) is 1. The summed E-state index contributed by atoms with van der Waals surface area (Å²) in [6.45, 7) is 6.25. The molecule has 2 aromatic heterocycles. The average Bonchev–Trinajstić information content (AvgIpc) is 3.44. The van der Waals surface area contributed by atoms with Crippen molar-refractivity contribution < 1.29 is 37.0 Å². The van der Waals surface area contributed by atoms with Crippen LogP contribution >= 0.6 is 0 Å². The molecule has 6 heterocycles. The Labute approximate surface area is 299 Å². The van der Waals surface area contributed by atoms with Crippen molar-refractivity contribution in [3.63, 3.8) is 0 Å². The highest BCUT2D eigenvalue weighted by Gasteiger charge is 2.41. The number of ether oxygens (including phenoxy) is 3. The fraction of sp³-hybridized carbons (Fsp3) is 0.500. The van der Waals surface area contributed by atoms with Crippen molar-refractivity contribution in [2.75, 3.05) is 44.8 Å². The van der Waals surface area contributed by atoms with E-state index in [0.29, 0.717) is 10.8 Å². The van der Waals surface area contributed by atoms with Gasteiger partial charge in [0.05, 0.1) is 29.6 Å². The van der Waals surface area contributed by atoms with Gasteiger partial charge in [0.2, 0.25) is 0 Å². The maximum Gasteiger partial charge on any atom is 0.407 e. The number of rotatable bonds is 6. The van der Waals surface area contributed by atoms with Crippen LogP contribution in [-0.4, -0.2) is 89.1 Å². The molecule has 3 unspecified atom stereocenters. The molecule has 2 aromatic carbocycles. The molecule has 2 saturated heterocycles. The fourth-order valence-corrected chi connectivity index (χ4v) is 8.26. The number of hydrogen-bond donors (Lipinski definition) is 1. The maximum absolute atomic E-state index is 17.3. The molecule has 0 saturated carbocycles. The number of pyridine rings is 1. The fourth-order valence-electron chi connectivity index (χ4n) is 8.26. The molecule has 0 radical (unpaired) electrons. The zero-order valence-corrected chi connectivity index (χ0v) is 29.9. The lowest BCUT2D eigenvalue weighted by Crippen LogP contribution is -2.60. The van der Waals surface area contributed by atoms with Crippen LogP contribution in [0.4, 0.5) is 23.8 Å². The molecule has 52 heavy (non-hydrogen) atoms. The summed E-state index contributed by atoms with van der Waals surface area (Å²) in [5.74, 6) is -1.65. The molecule has 1 amide bonds. The van der Waals surface area contributed by atoms with E-state index in [2.05, 4.69) is 34.2 Å². The molecular weight excluding hydrogens is 677 g/mol. The van der Waals surface area contributed by atoms with Crippen molar-refractivity contribution in [1.82, 2.24) is 25.2 Å². The number of alkyl halides is 1. The second-order valence-electron chi connectivity index (χ2n) is 14.6. The summed E-state index contributed by atoms with van der Waals surface area (Å²) in [5, 5.41) is 3.87. The van der Waals surface area contributed by atoms with Gasteiger partial charge in [-0.05, 0) is 87.2 Å². The van der Waals surface area contributed by atoms with Crippen molar-refractivity contribution in [2.24, 2.45) is 0 Å². The number of hydrogen-bond acceptors (Lipinski definition) is 10. The summed E-state index contributed by atoms with van der Waals surface area (Å²) in [6.07, 6.45) is 3.43. The Kier molecular flexibility index (Phi) is 9.62. The largest absolute Gasteiger partial charge is 0.461 e. The zero-order valence-electron chi connectivity index (χ0n) is 29.9. The normalized spacial score (nSPS) is 23.9. The lowest BCUT2D eigenvalue weighted by atomic mass is 9.90. The lowest BCUT2D eigenvalue weighted by molar-refractivity contribution is -0.131. The minimum absolute atomic E-state index is 0.0147. The van der Waals surface area contributed by atoms with Crippen LogP contribution in [0, 0.1) is 11.6 Å². The molecule has 0 spiro atoms. The predicted molar refractivity (Wildman–Crippen MR) is 189 cm³/mol. The van der Waals surface area contributed by atoms with Crippen molar-refractivity contribution in [1.29, 1.82) is 0 Å². The predicted octanol–water partition coefficient (Wildman–Crippen LogP) is 6.67. The summed E-state index contributed by atoms with van der Waals surface area (Å²) < 4.78 is 65.8. The van der Waals surface area contributed by atoms with Crippen LogP contribution in [-0.2, 0) is 16.0 Å². The van der Waals surface area contributed by atoms with Gasteiger partial charge in [-0.3, -0.25) is 14.7 Å². The summed E-state index contributed by atoms with van der Waals surface area (Å²) >= 11 is 0. The topological polar surface area (TPSA) is 119 Å². The summed E-state index contributed by atoms with van der Waals surface area (Å²) in [5.41, 5.74) is -1.19. The van der Waals surface area contributed by atoms with E-state index in [-0.39, 0.29) is 96.4 Å². The summed E-state index contributed by atoms with van der Waals surface area (Å²) in [6, 6.07) is 5.76. The number of benzene rings is 2. The molecule has 14 heteroatoms. The van der Waals surface area contributed by atoms with Gasteiger partial charge in [0.25, 0.3) is 0 Å². The van der Waals surface area contributed by atoms with E-state index in [4.69, 9.17) is 19.2 Å². The first-order valence-electron chi connectivity index (χ1n) is 17.9. The van der Waals surface area contributed by atoms with E-state index in [9.17, 15) is 9.59 Å². The van der Waals surface area contributed by atoms with Gasteiger partial charge in [-0.25, -0.2) is 18.0 Å². The van der Waals surface area contributed by atoms with Crippen LogP contribution in [0.5, 0.6) is 11.8 Å². The van der Waals surface area contributed by atoms with Crippen LogP contribution < -0.4 is 19.7 Å². The molecule has 0 aliphatic carbocycles. The van der Waals surface area contributed by atoms with E-state index >= 15 is 13.2 Å². The molecule has 6 bridgehead atoms. The molecule has 2 fully saturated rings. The number of likely N-dealkylation sites (tertiary alicyclic amines) is 1. The van der Waals surface area contributed by atoms with Gasteiger partial charge in [-0.2, -0.15) is 9.97 Å². The second kappa shape index (κ2) is 14.0. The van der Waals surface area contributed by atoms with Gasteiger partial charge >= 0.3 is 18.1 Å². The number of piperidine rings is 1. The van der Waals surface area contributed by atoms with Gasteiger partial charge in [0.1, 0.15) is 41.4 Å². The quantitative estimate of drug-likeness (QED) is 0.171. The molecule has 1 N–H and O–H groups in total. The number of anilines is 1. The SMILES string of the molecule is CCCC1(COc2nc3c4cnc(c(F)c4n2)-c2cc(OC(C)=O)cc4ccc(F)c(c24)CCCOC(=O)NC2(C)CC(F)CN3C2)CCCN1C. The van der Waals surface area contributed by atoms with Gasteiger partial charge in [0.15, 0.2) is 5.82 Å². The van der Waals surface area contributed by atoms with Crippen LogP contribution in [0.3, 0.4) is 0 Å². The van der Waals surface area contributed by atoms with Gasteiger partial charge in [0, 0.05) is 31.6 Å². The van der Waals surface area contributed by atoms with Crippen LogP contribution in [0.25, 0.3) is 32.9 Å². The molecule has 11 nitrogen and oxygen atoms in total. The highest BCUT2D eigenvalue weighted by molar-refractivity contribution is 6.02. The Bertz CT molecular complexity index is 2050. The summed E-state index contributed by atoms with van der Waals surface area (Å²) in [4.78, 5) is 42.9. The highest BCUT2D eigenvalue weighted by Crippen LogP contribution is 2.41. The standard InChI is InChI=1S/C38H43F3N6O5/c1-5-11-38(12-7-13-46(38)4)21-51-35-43-33-28-18-42-32(31(33)41)27-16-25(52-22(2)48)15-23-9-10-29(40)26(30(23)27)8-6-14-50-36(49)45-37(3)17-24(39)19-47(20-37)34(28)44-35/h9-10,15-16,18,24H,5-8,11-14,17,19-21H2,1-4H3,(H,45,49). The van der Waals surface area contributed by atoms with E-state index < -0.39 is 35.4 Å². The number of aromatic nitrogens is 3. The first-order chi connectivity index (χ1) is 24.9. The number of carbonyl (C=O) groups excluding carboxylic acids is 2. The molecule has 4 aliphatic heterocycles. The molecule has 8 rings (SSSR count). The lowest BCUT2D eigenvalue weighted by Gasteiger charge is -2.42. The minimum Gasteiger partial charge on any atom is -0.461 e. The van der Waals surface area contributed by atoms with Crippen molar-refractivity contribution in [3.05, 3.63) is 47.7 Å². The van der Waals surface area contributed by atoms with E-state index in [1.165, 1.54) is 31.3 Å². The number of alkyl carbamates (subject to hydrolysis) is 1. The third kappa shape index (κ3) is 6.80. The molecule has 4 aliphatic rings. The smallest absolute Gasteiger partial charge is 0.407 e. The number of fused-ring (bicyclic) bond motifs is 6. The number of aryl methyl sites for hydroxylation is 1. The number of halogens is 3. The molecule has 4 aromatic rings.